The maximum atomic E-state index is 6.13. The van der Waals surface area contributed by atoms with Gasteiger partial charge in [-0.1, -0.05) is 29.3 Å². The summed E-state index contributed by atoms with van der Waals surface area (Å²) >= 11 is 13.9. The Bertz CT molecular complexity index is 834. The number of thiazole rings is 1. The molecule has 1 aliphatic heterocycles. The van der Waals surface area contributed by atoms with Gasteiger partial charge in [-0.15, -0.1) is 35.3 Å². The molecular weight excluding hydrogens is 540 g/mol. The van der Waals surface area contributed by atoms with Crippen LogP contribution in [-0.2, 0) is 13.1 Å². The summed E-state index contributed by atoms with van der Waals surface area (Å²) in [4.78, 5) is 12.6. The van der Waals surface area contributed by atoms with Crippen molar-refractivity contribution in [2.45, 2.75) is 45.8 Å². The van der Waals surface area contributed by atoms with Crippen LogP contribution in [0, 0.1) is 13.8 Å². The second-order valence-corrected chi connectivity index (χ2v) is 9.21. The van der Waals surface area contributed by atoms with E-state index in [0.717, 1.165) is 55.7 Å². The molecule has 3 rings (SSSR count). The molecule has 2 heterocycles. The Kier molecular flexibility index (Phi) is 9.94. The molecule has 0 saturated carbocycles. The van der Waals surface area contributed by atoms with Gasteiger partial charge in [0.25, 0.3) is 0 Å². The number of halogens is 3. The van der Waals surface area contributed by atoms with Gasteiger partial charge in [0, 0.05) is 37.6 Å². The molecule has 0 spiro atoms. The van der Waals surface area contributed by atoms with Gasteiger partial charge in [-0.25, -0.2) is 4.98 Å². The molecule has 2 N–H and O–H groups in total. The Balaban J connectivity index is 0.00000300. The number of hydrogen-bond acceptors (Lipinski definition) is 4. The SMILES string of the molecule is CN=C(NCc1sc(C)nc1C)NC1CCN(Cc2ccc(Cl)c(Cl)c2)CC1.I. The van der Waals surface area contributed by atoms with Crippen molar-refractivity contribution in [1.82, 2.24) is 20.5 Å². The van der Waals surface area contributed by atoms with Crippen LogP contribution in [0.3, 0.4) is 0 Å². The van der Waals surface area contributed by atoms with E-state index in [2.05, 4.69) is 32.4 Å². The Labute approximate surface area is 204 Å². The molecule has 9 heteroatoms. The number of guanidine groups is 1. The summed E-state index contributed by atoms with van der Waals surface area (Å²) in [6.45, 7) is 7.85. The van der Waals surface area contributed by atoms with Gasteiger partial charge in [0.05, 0.1) is 27.3 Å². The average molecular weight is 568 g/mol. The lowest BCUT2D eigenvalue weighted by molar-refractivity contribution is 0.198. The number of nitrogens with zero attached hydrogens (tertiary/aromatic N) is 3. The lowest BCUT2D eigenvalue weighted by Gasteiger charge is -2.33. The van der Waals surface area contributed by atoms with Crippen molar-refractivity contribution in [2.75, 3.05) is 20.1 Å². The van der Waals surface area contributed by atoms with E-state index in [1.54, 1.807) is 11.3 Å². The van der Waals surface area contributed by atoms with Gasteiger partial charge in [-0.05, 0) is 44.4 Å². The quantitative estimate of drug-likeness (QED) is 0.303. The van der Waals surface area contributed by atoms with Gasteiger partial charge in [0.15, 0.2) is 5.96 Å². The van der Waals surface area contributed by atoms with Crippen molar-refractivity contribution < 1.29 is 0 Å². The predicted molar refractivity (Wildman–Crippen MR) is 135 cm³/mol. The fourth-order valence-corrected chi connectivity index (χ4v) is 4.62. The van der Waals surface area contributed by atoms with E-state index in [9.17, 15) is 0 Å². The minimum Gasteiger partial charge on any atom is -0.354 e. The van der Waals surface area contributed by atoms with E-state index in [4.69, 9.17) is 23.2 Å². The zero-order valence-electron chi connectivity index (χ0n) is 17.0. The van der Waals surface area contributed by atoms with Crippen molar-refractivity contribution in [1.29, 1.82) is 0 Å². The highest BCUT2D eigenvalue weighted by Crippen LogP contribution is 2.24. The van der Waals surface area contributed by atoms with Gasteiger partial charge in [0.2, 0.25) is 0 Å². The summed E-state index contributed by atoms with van der Waals surface area (Å²) in [6, 6.07) is 6.31. The number of nitrogens with one attached hydrogen (secondary N) is 2. The Morgan fingerprint density at radius 3 is 2.55 bits per heavy atom. The first kappa shape index (κ1) is 24.7. The van der Waals surface area contributed by atoms with Crippen LogP contribution < -0.4 is 10.6 Å². The monoisotopic (exact) mass is 567 g/mol. The van der Waals surface area contributed by atoms with Crippen LogP contribution in [0.5, 0.6) is 0 Å². The van der Waals surface area contributed by atoms with Crippen LogP contribution in [0.2, 0.25) is 10.0 Å². The molecule has 0 amide bonds. The molecular formula is C20H28Cl2IN5S. The van der Waals surface area contributed by atoms with Gasteiger partial charge in [0.1, 0.15) is 0 Å². The molecule has 5 nitrogen and oxygen atoms in total. The van der Waals surface area contributed by atoms with E-state index in [-0.39, 0.29) is 24.0 Å². The largest absolute Gasteiger partial charge is 0.354 e. The van der Waals surface area contributed by atoms with Crippen LogP contribution in [-0.4, -0.2) is 42.0 Å². The van der Waals surface area contributed by atoms with Crippen LogP contribution in [0.1, 0.15) is 34.0 Å². The van der Waals surface area contributed by atoms with Crippen LogP contribution in [0.25, 0.3) is 0 Å². The van der Waals surface area contributed by atoms with Gasteiger partial charge in [-0.3, -0.25) is 9.89 Å². The Morgan fingerprint density at radius 2 is 1.97 bits per heavy atom. The van der Waals surface area contributed by atoms with E-state index in [1.807, 2.05) is 32.2 Å². The van der Waals surface area contributed by atoms with Crippen molar-refractivity contribution in [3.8, 4) is 0 Å². The molecule has 160 valence electrons. The van der Waals surface area contributed by atoms with Gasteiger partial charge >= 0.3 is 0 Å². The molecule has 1 aromatic carbocycles. The molecule has 29 heavy (non-hydrogen) atoms. The van der Waals surface area contributed by atoms with Crippen molar-refractivity contribution in [3.05, 3.63) is 49.4 Å². The minimum atomic E-state index is 0. The number of aromatic nitrogens is 1. The number of aryl methyl sites for hydroxylation is 2. The average Bonchev–Trinajstić information content (AvgIpc) is 3.00. The fourth-order valence-electron chi connectivity index (χ4n) is 3.42. The molecule has 0 radical (unpaired) electrons. The van der Waals surface area contributed by atoms with Crippen LogP contribution >= 0.6 is 58.5 Å². The Morgan fingerprint density at radius 1 is 1.24 bits per heavy atom. The normalized spacial score (nSPS) is 15.8. The number of rotatable bonds is 5. The number of likely N-dealkylation sites (tertiary alicyclic amines) is 1. The zero-order chi connectivity index (χ0) is 20.1. The molecule has 1 saturated heterocycles. The van der Waals surface area contributed by atoms with Gasteiger partial charge in [-0.2, -0.15) is 0 Å². The molecule has 1 aliphatic rings. The van der Waals surface area contributed by atoms with Gasteiger partial charge < -0.3 is 10.6 Å². The topological polar surface area (TPSA) is 52.6 Å². The highest BCUT2D eigenvalue weighted by Gasteiger charge is 2.20. The molecule has 0 unspecified atom stereocenters. The summed E-state index contributed by atoms with van der Waals surface area (Å²) in [5.74, 6) is 0.855. The maximum absolute atomic E-state index is 6.13. The van der Waals surface area contributed by atoms with E-state index < -0.39 is 0 Å². The third kappa shape index (κ3) is 7.24. The second kappa shape index (κ2) is 11.7. The highest BCUT2D eigenvalue weighted by atomic mass is 127. The molecule has 2 aromatic rings. The molecule has 0 bridgehead atoms. The highest BCUT2D eigenvalue weighted by molar-refractivity contribution is 14.0. The third-order valence-electron chi connectivity index (χ3n) is 4.96. The standard InChI is InChI=1S/C20H27Cl2N5S.HI/c1-13-19(28-14(2)25-13)11-24-20(23-3)26-16-6-8-27(9-7-16)12-15-4-5-17(21)18(22)10-15;/h4-5,10,16H,6-9,11-12H2,1-3H3,(H2,23,24,26);1H. The first-order chi connectivity index (χ1) is 13.4. The van der Waals surface area contributed by atoms with E-state index in [0.29, 0.717) is 16.1 Å². The van der Waals surface area contributed by atoms with E-state index in [1.165, 1.54) is 10.4 Å². The molecule has 0 atom stereocenters. The predicted octanol–water partition coefficient (Wildman–Crippen LogP) is 5.01. The van der Waals surface area contributed by atoms with Crippen molar-refractivity contribution in [2.24, 2.45) is 4.99 Å². The third-order valence-corrected chi connectivity index (χ3v) is 6.77. The lowest BCUT2D eigenvalue weighted by atomic mass is 10.0. The number of benzene rings is 1. The number of aliphatic imine (C=N–C) groups is 1. The summed E-state index contributed by atoms with van der Waals surface area (Å²) in [6.07, 6.45) is 2.17. The smallest absolute Gasteiger partial charge is 0.191 e. The van der Waals surface area contributed by atoms with Crippen LogP contribution in [0.4, 0.5) is 0 Å². The van der Waals surface area contributed by atoms with E-state index >= 15 is 0 Å². The summed E-state index contributed by atoms with van der Waals surface area (Å²) < 4.78 is 0. The second-order valence-electron chi connectivity index (χ2n) is 7.11. The number of piperidine rings is 1. The Hall–Kier alpha value is -0.610. The molecule has 1 aromatic heterocycles. The zero-order valence-corrected chi connectivity index (χ0v) is 21.6. The first-order valence-electron chi connectivity index (χ1n) is 9.51. The van der Waals surface area contributed by atoms with Crippen molar-refractivity contribution in [3.63, 3.8) is 0 Å². The maximum Gasteiger partial charge on any atom is 0.191 e. The summed E-state index contributed by atoms with van der Waals surface area (Å²) in [5, 5.41) is 9.31. The lowest BCUT2D eigenvalue weighted by Crippen LogP contribution is -2.48. The first-order valence-corrected chi connectivity index (χ1v) is 11.1. The van der Waals surface area contributed by atoms with Crippen LogP contribution in [0.15, 0.2) is 23.2 Å². The fraction of sp³-hybridized carbons (Fsp3) is 0.500. The summed E-state index contributed by atoms with van der Waals surface area (Å²) in [5.41, 5.74) is 2.30. The van der Waals surface area contributed by atoms with Crippen molar-refractivity contribution >= 4 is 64.5 Å². The minimum absolute atomic E-state index is 0. The molecule has 1 fully saturated rings. The summed E-state index contributed by atoms with van der Waals surface area (Å²) in [7, 11) is 1.82. The number of hydrogen-bond donors (Lipinski definition) is 2. The molecule has 0 aliphatic carbocycles.